The van der Waals surface area contributed by atoms with E-state index in [0.717, 1.165) is 42.7 Å². The van der Waals surface area contributed by atoms with E-state index in [1.165, 1.54) is 5.56 Å². The van der Waals surface area contributed by atoms with E-state index in [0.29, 0.717) is 5.92 Å². The molecule has 1 nitrogen and oxygen atoms in total. The predicted octanol–water partition coefficient (Wildman–Crippen LogP) is 7.95. The molecule has 3 aromatic rings. The number of halogens is 2. The van der Waals surface area contributed by atoms with Crippen LogP contribution in [0.4, 0.5) is 0 Å². The Morgan fingerprint density at radius 2 is 1.37 bits per heavy atom. The number of carbonyl (C=O) groups excluding carboxylic acids is 1. The van der Waals surface area contributed by atoms with Crippen molar-refractivity contribution in [1.82, 2.24) is 0 Å². The predicted molar refractivity (Wildman–Crippen MR) is 123 cm³/mol. The molecule has 0 saturated heterocycles. The first-order chi connectivity index (χ1) is 13.1. The van der Waals surface area contributed by atoms with Crippen LogP contribution in [0.25, 0.3) is 12.2 Å². The van der Waals surface area contributed by atoms with Gasteiger partial charge in [0.15, 0.2) is 5.78 Å². The molecular weight excluding hydrogens is 504 g/mol. The average molecular weight is 520 g/mol. The number of rotatable bonds is 3. The summed E-state index contributed by atoms with van der Waals surface area (Å²) in [5.41, 5.74) is 3.08. The fourth-order valence-corrected chi connectivity index (χ4v) is 6.16. The van der Waals surface area contributed by atoms with Crippen LogP contribution in [0.1, 0.15) is 34.1 Å². The zero-order valence-corrected chi connectivity index (χ0v) is 19.1. The molecule has 0 N–H and O–H groups in total. The van der Waals surface area contributed by atoms with Crippen LogP contribution < -0.4 is 0 Å². The Kier molecular flexibility index (Phi) is 5.93. The zero-order valence-electron chi connectivity index (χ0n) is 14.3. The van der Waals surface area contributed by atoms with Gasteiger partial charge in [-0.25, -0.2) is 0 Å². The Hall–Kier alpha value is -1.27. The summed E-state index contributed by atoms with van der Waals surface area (Å²) < 4.78 is 2.11. The van der Waals surface area contributed by atoms with Crippen LogP contribution in [0.5, 0.6) is 0 Å². The topological polar surface area (TPSA) is 17.1 Å². The third-order valence-corrected chi connectivity index (χ3v) is 7.88. The van der Waals surface area contributed by atoms with E-state index in [4.69, 9.17) is 0 Å². The molecule has 0 spiro atoms. The molecule has 0 atom stereocenters. The van der Waals surface area contributed by atoms with Gasteiger partial charge in [-0.2, -0.15) is 0 Å². The highest BCUT2D eigenvalue weighted by Crippen LogP contribution is 2.39. The molecule has 1 fully saturated rings. The third-order valence-electron chi connectivity index (χ3n) is 4.60. The van der Waals surface area contributed by atoms with Crippen LogP contribution >= 0.6 is 54.5 Å². The highest BCUT2D eigenvalue weighted by molar-refractivity contribution is 9.10. The number of thiophene rings is 2. The van der Waals surface area contributed by atoms with Crippen LogP contribution in [0.15, 0.2) is 73.3 Å². The minimum Gasteiger partial charge on any atom is -0.289 e. The number of carbonyl (C=O) groups is 1. The standard InChI is InChI=1S/C22H16Br2OS2/c23-18-10-20(26-12-18)8-16-6-15(14-4-2-1-3-5-14)7-17(22(16)25)9-21-11-19(24)13-27-21/h1-5,8-13,15H,6-7H2/b16-8+,17-9+. The van der Waals surface area contributed by atoms with Gasteiger partial charge in [-0.3, -0.25) is 4.79 Å². The number of benzene rings is 1. The van der Waals surface area contributed by atoms with Gasteiger partial charge in [0, 0.05) is 40.6 Å². The molecule has 1 aliphatic carbocycles. The molecule has 0 aliphatic heterocycles. The molecule has 1 aliphatic rings. The smallest absolute Gasteiger partial charge is 0.185 e. The average Bonchev–Trinajstić information content (AvgIpc) is 3.27. The van der Waals surface area contributed by atoms with Gasteiger partial charge in [0.05, 0.1) is 0 Å². The molecule has 0 radical (unpaired) electrons. The van der Waals surface area contributed by atoms with Crippen molar-refractivity contribution < 1.29 is 4.79 Å². The summed E-state index contributed by atoms with van der Waals surface area (Å²) >= 11 is 10.3. The lowest BCUT2D eigenvalue weighted by atomic mass is 9.77. The van der Waals surface area contributed by atoms with Crippen molar-refractivity contribution >= 4 is 72.5 Å². The van der Waals surface area contributed by atoms with E-state index in [1.54, 1.807) is 22.7 Å². The Bertz CT molecular complexity index is 965. The van der Waals surface area contributed by atoms with Gasteiger partial charge in [-0.05, 0) is 80.5 Å². The Balaban J connectivity index is 1.73. The fraction of sp³-hybridized carbons (Fsp3) is 0.136. The number of Topliss-reactive ketones (excluding diaryl/α,β-unsaturated/α-hetero) is 1. The summed E-state index contributed by atoms with van der Waals surface area (Å²) in [7, 11) is 0. The van der Waals surface area contributed by atoms with E-state index in [9.17, 15) is 4.79 Å². The second kappa shape index (κ2) is 8.39. The molecule has 1 aromatic carbocycles. The molecule has 0 bridgehead atoms. The van der Waals surface area contributed by atoms with Gasteiger partial charge in [0.2, 0.25) is 0 Å². The van der Waals surface area contributed by atoms with Gasteiger partial charge in [0.25, 0.3) is 0 Å². The number of hydrogen-bond donors (Lipinski definition) is 0. The maximum absolute atomic E-state index is 13.2. The van der Waals surface area contributed by atoms with Crippen molar-refractivity contribution in [3.63, 3.8) is 0 Å². The first kappa shape index (κ1) is 19.1. The molecular formula is C22H16Br2OS2. The monoisotopic (exact) mass is 518 g/mol. The van der Waals surface area contributed by atoms with E-state index < -0.39 is 0 Å². The zero-order chi connectivity index (χ0) is 18.8. The molecule has 0 amide bonds. The first-order valence-corrected chi connectivity index (χ1v) is 11.9. The lowest BCUT2D eigenvalue weighted by Crippen LogP contribution is -2.18. The molecule has 2 heterocycles. The number of allylic oxidation sites excluding steroid dienone is 2. The normalized spacial score (nSPS) is 20.5. The summed E-state index contributed by atoms with van der Waals surface area (Å²) in [5.74, 6) is 0.504. The fourth-order valence-electron chi connectivity index (χ4n) is 3.36. The van der Waals surface area contributed by atoms with E-state index in [-0.39, 0.29) is 5.78 Å². The molecule has 27 heavy (non-hydrogen) atoms. The minimum absolute atomic E-state index is 0.177. The van der Waals surface area contributed by atoms with Crippen LogP contribution in [-0.4, -0.2) is 5.78 Å². The second-order valence-electron chi connectivity index (χ2n) is 6.52. The van der Waals surface area contributed by atoms with E-state index >= 15 is 0 Å². The van der Waals surface area contributed by atoms with Crippen molar-refractivity contribution in [3.8, 4) is 0 Å². The number of hydrogen-bond acceptors (Lipinski definition) is 3. The van der Waals surface area contributed by atoms with Crippen LogP contribution in [0.2, 0.25) is 0 Å². The maximum atomic E-state index is 13.2. The quantitative estimate of drug-likeness (QED) is 0.321. The third kappa shape index (κ3) is 4.60. The van der Waals surface area contributed by atoms with Gasteiger partial charge in [0.1, 0.15) is 0 Å². The maximum Gasteiger partial charge on any atom is 0.185 e. The molecule has 2 aromatic heterocycles. The second-order valence-corrected chi connectivity index (χ2v) is 10.2. The highest BCUT2D eigenvalue weighted by atomic mass is 79.9. The summed E-state index contributed by atoms with van der Waals surface area (Å²) in [5, 5.41) is 4.10. The van der Waals surface area contributed by atoms with Gasteiger partial charge >= 0.3 is 0 Å². The van der Waals surface area contributed by atoms with Crippen LogP contribution in [0, 0.1) is 0 Å². The largest absolute Gasteiger partial charge is 0.289 e. The summed E-state index contributed by atoms with van der Waals surface area (Å²) in [6.45, 7) is 0. The van der Waals surface area contributed by atoms with Crippen molar-refractivity contribution in [3.05, 3.63) is 88.6 Å². The Morgan fingerprint density at radius 3 is 1.81 bits per heavy atom. The molecule has 5 heteroatoms. The van der Waals surface area contributed by atoms with Gasteiger partial charge in [-0.1, -0.05) is 30.3 Å². The van der Waals surface area contributed by atoms with Gasteiger partial charge in [-0.15, -0.1) is 22.7 Å². The first-order valence-electron chi connectivity index (χ1n) is 8.57. The summed E-state index contributed by atoms with van der Waals surface area (Å²) in [6, 6.07) is 14.7. The van der Waals surface area contributed by atoms with Crippen molar-refractivity contribution in [2.75, 3.05) is 0 Å². The van der Waals surface area contributed by atoms with Crippen molar-refractivity contribution in [2.45, 2.75) is 18.8 Å². The van der Waals surface area contributed by atoms with E-state index in [1.807, 2.05) is 16.8 Å². The Morgan fingerprint density at radius 1 is 0.852 bits per heavy atom. The van der Waals surface area contributed by atoms with E-state index in [2.05, 4.69) is 80.4 Å². The van der Waals surface area contributed by atoms with Crippen LogP contribution in [-0.2, 0) is 4.79 Å². The van der Waals surface area contributed by atoms with Gasteiger partial charge < -0.3 is 0 Å². The molecule has 0 unspecified atom stereocenters. The minimum atomic E-state index is 0.177. The lowest BCUT2D eigenvalue weighted by Gasteiger charge is -2.26. The lowest BCUT2D eigenvalue weighted by molar-refractivity contribution is -0.112. The summed E-state index contributed by atoms with van der Waals surface area (Å²) in [4.78, 5) is 15.4. The molecule has 136 valence electrons. The Labute approximate surface area is 183 Å². The van der Waals surface area contributed by atoms with Crippen LogP contribution in [0.3, 0.4) is 0 Å². The number of ketones is 1. The SMILES string of the molecule is O=C1/C(=C/c2cc(Br)cs2)CC(c2ccccc2)C/C1=C\c1cc(Br)cs1. The molecule has 4 rings (SSSR count). The van der Waals surface area contributed by atoms with Crippen molar-refractivity contribution in [2.24, 2.45) is 0 Å². The highest BCUT2D eigenvalue weighted by Gasteiger charge is 2.29. The van der Waals surface area contributed by atoms with Crippen molar-refractivity contribution in [1.29, 1.82) is 0 Å². The molecule has 1 saturated carbocycles. The summed E-state index contributed by atoms with van der Waals surface area (Å²) in [6.07, 6.45) is 5.68.